The summed E-state index contributed by atoms with van der Waals surface area (Å²) in [5.74, 6) is -1.42. The number of ether oxygens (including phenoxy) is 1. The quantitative estimate of drug-likeness (QED) is 0.453. The fourth-order valence-electron chi connectivity index (χ4n) is 3.38. The number of hydrogen-bond acceptors (Lipinski definition) is 6. The zero-order chi connectivity index (χ0) is 20.8. The van der Waals surface area contributed by atoms with E-state index in [4.69, 9.17) is 4.74 Å². The molecule has 0 aliphatic carbocycles. The van der Waals surface area contributed by atoms with E-state index in [1.54, 1.807) is 12.1 Å². The van der Waals surface area contributed by atoms with Gasteiger partial charge < -0.3 is 15.0 Å². The molecular weight excluding hydrogens is 374 g/mol. The number of carbonyl (C=O) groups excluding carboxylic acids is 2. The monoisotopic (exact) mass is 397 g/mol. The van der Waals surface area contributed by atoms with E-state index < -0.39 is 23.4 Å². The summed E-state index contributed by atoms with van der Waals surface area (Å²) in [6.07, 6.45) is 3.63. The zero-order valence-electron chi connectivity index (χ0n) is 16.2. The number of hydrogen-bond donors (Lipinski definition) is 1. The second-order valence-corrected chi connectivity index (χ2v) is 6.95. The maximum absolute atomic E-state index is 12.2. The molecule has 1 heterocycles. The smallest absolute Gasteiger partial charge is 0.345 e. The Morgan fingerprint density at radius 2 is 1.79 bits per heavy atom. The highest BCUT2D eigenvalue weighted by Crippen LogP contribution is 2.24. The molecule has 2 aromatic carbocycles. The number of rotatable bonds is 6. The van der Waals surface area contributed by atoms with Gasteiger partial charge in [-0.15, -0.1) is 0 Å². The van der Waals surface area contributed by atoms with Crippen LogP contribution in [0.15, 0.2) is 42.5 Å². The number of nitrogens with one attached hydrogen (secondary N) is 1. The number of nitro benzene ring substituents is 1. The Labute approximate surface area is 168 Å². The summed E-state index contributed by atoms with van der Waals surface area (Å²) in [6.45, 7) is 3.08. The molecule has 8 nitrogen and oxygen atoms in total. The minimum absolute atomic E-state index is 0.173. The van der Waals surface area contributed by atoms with Crippen LogP contribution < -0.4 is 10.2 Å². The Kier molecular flexibility index (Phi) is 6.43. The van der Waals surface area contributed by atoms with Crippen LogP contribution in [0.4, 0.5) is 17.1 Å². The van der Waals surface area contributed by atoms with Crippen molar-refractivity contribution < 1.29 is 19.2 Å². The van der Waals surface area contributed by atoms with E-state index in [1.165, 1.54) is 44.4 Å². The predicted molar refractivity (Wildman–Crippen MR) is 109 cm³/mol. The molecule has 0 bridgehead atoms. The van der Waals surface area contributed by atoms with Gasteiger partial charge in [0.1, 0.15) is 5.56 Å². The Morgan fingerprint density at radius 1 is 1.10 bits per heavy atom. The Bertz CT molecular complexity index is 905. The third kappa shape index (κ3) is 5.10. The SMILES string of the molecule is Cc1cccc(C(=O)OCC(=O)Nc2ccc(N3CCCCC3)cc2)c1[N+](=O)[O-]. The number of benzene rings is 2. The van der Waals surface area contributed by atoms with E-state index >= 15 is 0 Å². The van der Waals surface area contributed by atoms with Gasteiger partial charge in [0.15, 0.2) is 6.61 Å². The average molecular weight is 397 g/mol. The van der Waals surface area contributed by atoms with Crippen molar-refractivity contribution in [3.8, 4) is 0 Å². The number of amides is 1. The van der Waals surface area contributed by atoms with Crippen molar-refractivity contribution in [1.29, 1.82) is 0 Å². The first-order valence-electron chi connectivity index (χ1n) is 9.51. The highest BCUT2D eigenvalue weighted by atomic mass is 16.6. The number of anilines is 2. The van der Waals surface area contributed by atoms with Gasteiger partial charge in [-0.3, -0.25) is 14.9 Å². The summed E-state index contributed by atoms with van der Waals surface area (Å²) < 4.78 is 4.96. The lowest BCUT2D eigenvalue weighted by atomic mass is 10.1. The van der Waals surface area contributed by atoms with Gasteiger partial charge in [-0.2, -0.15) is 0 Å². The lowest BCUT2D eigenvalue weighted by molar-refractivity contribution is -0.385. The number of aryl methyl sites for hydroxylation is 1. The van der Waals surface area contributed by atoms with Crippen LogP contribution in [0, 0.1) is 17.0 Å². The van der Waals surface area contributed by atoms with Crippen LogP contribution in [-0.4, -0.2) is 36.5 Å². The van der Waals surface area contributed by atoms with E-state index in [-0.39, 0.29) is 11.3 Å². The van der Waals surface area contributed by atoms with Gasteiger partial charge in [0.2, 0.25) is 0 Å². The average Bonchev–Trinajstić information content (AvgIpc) is 2.72. The van der Waals surface area contributed by atoms with E-state index in [1.807, 2.05) is 12.1 Å². The van der Waals surface area contributed by atoms with Crippen molar-refractivity contribution in [1.82, 2.24) is 0 Å². The molecule has 1 fully saturated rings. The van der Waals surface area contributed by atoms with Crippen molar-refractivity contribution in [2.24, 2.45) is 0 Å². The van der Waals surface area contributed by atoms with Crippen molar-refractivity contribution in [2.75, 3.05) is 29.9 Å². The summed E-state index contributed by atoms with van der Waals surface area (Å²) in [5, 5.41) is 13.8. The van der Waals surface area contributed by atoms with Gasteiger partial charge in [-0.1, -0.05) is 12.1 Å². The maximum atomic E-state index is 12.2. The minimum Gasteiger partial charge on any atom is -0.452 e. The van der Waals surface area contributed by atoms with E-state index in [0.717, 1.165) is 18.8 Å². The summed E-state index contributed by atoms with van der Waals surface area (Å²) in [5.41, 5.74) is 1.57. The molecule has 29 heavy (non-hydrogen) atoms. The van der Waals surface area contributed by atoms with Crippen molar-refractivity contribution in [3.05, 3.63) is 63.7 Å². The first-order chi connectivity index (χ1) is 14.0. The van der Waals surface area contributed by atoms with E-state index in [2.05, 4.69) is 10.2 Å². The zero-order valence-corrected chi connectivity index (χ0v) is 16.2. The first kappa shape index (κ1) is 20.3. The molecule has 1 N–H and O–H groups in total. The summed E-state index contributed by atoms with van der Waals surface area (Å²) in [6, 6.07) is 11.9. The number of nitro groups is 1. The highest BCUT2D eigenvalue weighted by molar-refractivity contribution is 5.97. The lowest BCUT2D eigenvalue weighted by Crippen LogP contribution is -2.29. The summed E-state index contributed by atoms with van der Waals surface area (Å²) in [7, 11) is 0. The van der Waals surface area contributed by atoms with E-state index in [0.29, 0.717) is 11.3 Å². The van der Waals surface area contributed by atoms with Gasteiger partial charge in [0.05, 0.1) is 4.92 Å². The molecule has 8 heteroatoms. The van der Waals surface area contributed by atoms with Gasteiger partial charge in [-0.25, -0.2) is 4.79 Å². The number of nitrogens with zero attached hydrogens (tertiary/aromatic N) is 2. The molecule has 0 saturated carbocycles. The molecule has 0 spiro atoms. The number of carbonyl (C=O) groups is 2. The van der Waals surface area contributed by atoms with Gasteiger partial charge in [0, 0.05) is 30.0 Å². The van der Waals surface area contributed by atoms with Crippen LogP contribution in [0.5, 0.6) is 0 Å². The Morgan fingerprint density at radius 3 is 2.45 bits per heavy atom. The molecule has 0 unspecified atom stereocenters. The second kappa shape index (κ2) is 9.18. The van der Waals surface area contributed by atoms with Crippen LogP contribution in [0.3, 0.4) is 0 Å². The highest BCUT2D eigenvalue weighted by Gasteiger charge is 2.24. The van der Waals surface area contributed by atoms with Crippen LogP contribution in [-0.2, 0) is 9.53 Å². The minimum atomic E-state index is -0.906. The number of piperidine rings is 1. The molecule has 0 aromatic heterocycles. The van der Waals surface area contributed by atoms with Crippen molar-refractivity contribution in [3.63, 3.8) is 0 Å². The fraction of sp³-hybridized carbons (Fsp3) is 0.333. The third-order valence-corrected chi connectivity index (χ3v) is 4.85. The molecule has 1 amide bonds. The second-order valence-electron chi connectivity index (χ2n) is 6.95. The molecule has 152 valence electrons. The van der Waals surface area contributed by atoms with Gasteiger partial charge in [0.25, 0.3) is 11.6 Å². The molecule has 1 saturated heterocycles. The predicted octanol–water partition coefficient (Wildman–Crippen LogP) is 3.69. The maximum Gasteiger partial charge on any atom is 0.345 e. The topological polar surface area (TPSA) is 102 Å². The first-order valence-corrected chi connectivity index (χ1v) is 9.51. The van der Waals surface area contributed by atoms with Crippen molar-refractivity contribution in [2.45, 2.75) is 26.2 Å². The van der Waals surface area contributed by atoms with Crippen LogP contribution in [0.25, 0.3) is 0 Å². The molecule has 1 aliphatic rings. The lowest BCUT2D eigenvalue weighted by Gasteiger charge is -2.28. The number of para-hydroxylation sites is 1. The molecule has 1 aliphatic heterocycles. The van der Waals surface area contributed by atoms with E-state index in [9.17, 15) is 19.7 Å². The van der Waals surface area contributed by atoms with Crippen LogP contribution in [0.2, 0.25) is 0 Å². The Balaban J connectivity index is 1.55. The molecular formula is C21H23N3O5. The largest absolute Gasteiger partial charge is 0.452 e. The molecule has 3 rings (SSSR count). The Hall–Kier alpha value is -3.42. The van der Waals surface area contributed by atoms with Crippen LogP contribution in [0.1, 0.15) is 35.2 Å². The molecule has 2 aromatic rings. The summed E-state index contributed by atoms with van der Waals surface area (Å²) in [4.78, 5) is 37.1. The fourth-order valence-corrected chi connectivity index (χ4v) is 3.38. The molecule has 0 radical (unpaired) electrons. The normalized spacial score (nSPS) is 13.6. The summed E-state index contributed by atoms with van der Waals surface area (Å²) >= 11 is 0. The third-order valence-electron chi connectivity index (χ3n) is 4.85. The van der Waals surface area contributed by atoms with Crippen molar-refractivity contribution >= 4 is 28.9 Å². The molecule has 0 atom stereocenters. The standard InChI is InChI=1S/C21H23N3O5/c1-15-6-5-7-18(20(15)24(27)28)21(26)29-14-19(25)22-16-8-10-17(11-9-16)23-12-3-2-4-13-23/h5-11H,2-4,12-14H2,1H3,(H,22,25). The van der Waals surface area contributed by atoms with Gasteiger partial charge in [-0.05, 0) is 56.5 Å². The van der Waals surface area contributed by atoms with Crippen LogP contribution >= 0.6 is 0 Å². The number of esters is 1. The van der Waals surface area contributed by atoms with Gasteiger partial charge >= 0.3 is 5.97 Å².